The number of rotatable bonds is 4. The first kappa shape index (κ1) is 17.7. The summed E-state index contributed by atoms with van der Waals surface area (Å²) in [7, 11) is 0. The van der Waals surface area contributed by atoms with Gasteiger partial charge in [-0.2, -0.15) is 13.2 Å². The van der Waals surface area contributed by atoms with Crippen molar-refractivity contribution in [1.82, 2.24) is 0 Å². The maximum Gasteiger partial charge on any atom is 0.422 e. The standard InChI is InChI=1S/C11H11F4NO2.ClH/c12-8-3-1-2-7(4-8)5-9(16)10(17)18-6-11(13,14)15;/h1-4,9H,5-6,16H2;1H/t9-;/m0./s1. The molecule has 0 aliphatic carbocycles. The molecule has 1 atom stereocenters. The summed E-state index contributed by atoms with van der Waals surface area (Å²) in [6, 6.07) is 4.03. The Labute approximate surface area is 113 Å². The number of hydrogen-bond donors (Lipinski definition) is 1. The Bertz CT molecular complexity index is 425. The van der Waals surface area contributed by atoms with E-state index in [0.717, 1.165) is 6.07 Å². The summed E-state index contributed by atoms with van der Waals surface area (Å²) < 4.78 is 52.2. The summed E-state index contributed by atoms with van der Waals surface area (Å²) in [5.41, 5.74) is 5.77. The smallest absolute Gasteiger partial charge is 0.422 e. The van der Waals surface area contributed by atoms with Crippen LogP contribution >= 0.6 is 12.4 Å². The van der Waals surface area contributed by atoms with Crippen molar-refractivity contribution < 1.29 is 27.1 Å². The van der Waals surface area contributed by atoms with Crippen molar-refractivity contribution in [3.8, 4) is 0 Å². The summed E-state index contributed by atoms with van der Waals surface area (Å²) in [5, 5.41) is 0. The SMILES string of the molecule is Cl.N[C@@H](Cc1cccc(F)c1)C(=O)OCC(F)(F)F. The largest absolute Gasteiger partial charge is 0.455 e. The van der Waals surface area contributed by atoms with Crippen molar-refractivity contribution >= 4 is 18.4 Å². The molecule has 0 saturated carbocycles. The molecule has 1 rings (SSSR count). The first-order valence-corrected chi connectivity index (χ1v) is 5.01. The fourth-order valence-electron chi connectivity index (χ4n) is 1.26. The van der Waals surface area contributed by atoms with E-state index in [1.165, 1.54) is 18.2 Å². The van der Waals surface area contributed by atoms with Crippen LogP contribution in [-0.2, 0) is 16.0 Å². The van der Waals surface area contributed by atoms with Crippen LogP contribution in [0.15, 0.2) is 24.3 Å². The van der Waals surface area contributed by atoms with Gasteiger partial charge in [-0.05, 0) is 24.1 Å². The summed E-state index contributed by atoms with van der Waals surface area (Å²) in [4.78, 5) is 11.1. The Kier molecular flexibility index (Phi) is 6.78. The van der Waals surface area contributed by atoms with Crippen molar-refractivity contribution in [2.24, 2.45) is 5.73 Å². The first-order valence-electron chi connectivity index (χ1n) is 5.01. The Balaban J connectivity index is 0.00000324. The maximum absolute atomic E-state index is 12.8. The van der Waals surface area contributed by atoms with E-state index in [1.807, 2.05) is 0 Å². The lowest BCUT2D eigenvalue weighted by Crippen LogP contribution is -2.36. The predicted octanol–water partition coefficient (Wildman–Crippen LogP) is 2.22. The van der Waals surface area contributed by atoms with Gasteiger partial charge in [0.25, 0.3) is 0 Å². The van der Waals surface area contributed by atoms with Crippen molar-refractivity contribution in [2.75, 3.05) is 6.61 Å². The number of alkyl halides is 3. The zero-order valence-electron chi connectivity index (χ0n) is 9.61. The summed E-state index contributed by atoms with van der Waals surface area (Å²) >= 11 is 0. The lowest BCUT2D eigenvalue weighted by atomic mass is 10.1. The lowest BCUT2D eigenvalue weighted by Gasteiger charge is -2.12. The molecule has 108 valence electrons. The molecular weight excluding hydrogens is 290 g/mol. The minimum atomic E-state index is -4.59. The van der Waals surface area contributed by atoms with Crippen LogP contribution in [-0.4, -0.2) is 24.8 Å². The fraction of sp³-hybridized carbons (Fsp3) is 0.364. The van der Waals surface area contributed by atoms with E-state index in [1.54, 1.807) is 0 Å². The van der Waals surface area contributed by atoms with Crippen molar-refractivity contribution in [3.05, 3.63) is 35.6 Å². The van der Waals surface area contributed by atoms with Crippen LogP contribution in [0.3, 0.4) is 0 Å². The zero-order chi connectivity index (χ0) is 13.8. The number of hydrogen-bond acceptors (Lipinski definition) is 3. The summed E-state index contributed by atoms with van der Waals surface area (Å²) in [5.74, 6) is -1.68. The first-order chi connectivity index (χ1) is 8.28. The van der Waals surface area contributed by atoms with E-state index >= 15 is 0 Å². The van der Waals surface area contributed by atoms with Gasteiger partial charge in [-0.25, -0.2) is 4.39 Å². The average Bonchev–Trinajstić information content (AvgIpc) is 2.24. The van der Waals surface area contributed by atoms with Crippen LogP contribution in [0.1, 0.15) is 5.56 Å². The second-order valence-electron chi connectivity index (χ2n) is 3.66. The van der Waals surface area contributed by atoms with Gasteiger partial charge in [-0.1, -0.05) is 12.1 Å². The van der Waals surface area contributed by atoms with Crippen LogP contribution in [0, 0.1) is 5.82 Å². The molecule has 8 heteroatoms. The average molecular weight is 302 g/mol. The highest BCUT2D eigenvalue weighted by atomic mass is 35.5. The molecule has 0 spiro atoms. The van der Waals surface area contributed by atoms with Crippen molar-refractivity contribution in [2.45, 2.75) is 18.6 Å². The fourth-order valence-corrected chi connectivity index (χ4v) is 1.26. The van der Waals surface area contributed by atoms with E-state index in [2.05, 4.69) is 4.74 Å². The third-order valence-electron chi connectivity index (χ3n) is 2.03. The number of benzene rings is 1. The van der Waals surface area contributed by atoms with Gasteiger partial charge >= 0.3 is 12.1 Å². The number of carbonyl (C=O) groups is 1. The van der Waals surface area contributed by atoms with Crippen LogP contribution in [0.25, 0.3) is 0 Å². The van der Waals surface area contributed by atoms with Crippen LogP contribution in [0.2, 0.25) is 0 Å². The second-order valence-corrected chi connectivity index (χ2v) is 3.66. The van der Waals surface area contributed by atoms with E-state index < -0.39 is 30.6 Å². The molecular formula is C11H12ClF4NO2. The minimum Gasteiger partial charge on any atom is -0.455 e. The highest BCUT2D eigenvalue weighted by Crippen LogP contribution is 2.15. The number of nitrogens with two attached hydrogens (primary N) is 1. The monoisotopic (exact) mass is 301 g/mol. The van der Waals surface area contributed by atoms with Gasteiger partial charge in [0, 0.05) is 0 Å². The molecule has 0 radical (unpaired) electrons. The van der Waals surface area contributed by atoms with E-state index in [-0.39, 0.29) is 18.8 Å². The highest BCUT2D eigenvalue weighted by molar-refractivity contribution is 5.85. The Hall–Kier alpha value is -1.34. The van der Waals surface area contributed by atoms with E-state index in [0.29, 0.717) is 5.56 Å². The third-order valence-corrected chi connectivity index (χ3v) is 2.03. The van der Waals surface area contributed by atoms with Crippen LogP contribution < -0.4 is 5.73 Å². The maximum atomic E-state index is 12.8. The molecule has 0 aliphatic rings. The quantitative estimate of drug-likeness (QED) is 0.685. The molecule has 0 bridgehead atoms. The van der Waals surface area contributed by atoms with Gasteiger partial charge < -0.3 is 10.5 Å². The van der Waals surface area contributed by atoms with Gasteiger partial charge in [0.05, 0.1) is 0 Å². The van der Waals surface area contributed by atoms with Crippen molar-refractivity contribution in [3.63, 3.8) is 0 Å². The molecule has 0 fully saturated rings. The second kappa shape index (κ2) is 7.30. The molecule has 0 aromatic heterocycles. The van der Waals surface area contributed by atoms with Gasteiger partial charge in [0.2, 0.25) is 0 Å². The Morgan fingerprint density at radius 2 is 2.00 bits per heavy atom. The third kappa shape index (κ3) is 6.97. The predicted molar refractivity (Wildman–Crippen MR) is 62.3 cm³/mol. The number of carbonyl (C=O) groups excluding carboxylic acids is 1. The van der Waals surface area contributed by atoms with Gasteiger partial charge in [0.1, 0.15) is 11.9 Å². The molecule has 2 N–H and O–H groups in total. The molecule has 0 saturated heterocycles. The normalized spacial score (nSPS) is 12.5. The topological polar surface area (TPSA) is 52.3 Å². The molecule has 19 heavy (non-hydrogen) atoms. The number of ether oxygens (including phenoxy) is 1. The van der Waals surface area contributed by atoms with Crippen LogP contribution in [0.4, 0.5) is 17.6 Å². The Morgan fingerprint density at radius 3 is 2.53 bits per heavy atom. The number of halogens is 5. The van der Waals surface area contributed by atoms with Crippen molar-refractivity contribution in [1.29, 1.82) is 0 Å². The van der Waals surface area contributed by atoms with E-state index in [4.69, 9.17) is 5.73 Å². The molecule has 0 unspecified atom stereocenters. The molecule has 0 aliphatic heterocycles. The molecule has 3 nitrogen and oxygen atoms in total. The molecule has 0 heterocycles. The molecule has 1 aromatic carbocycles. The molecule has 1 aromatic rings. The summed E-state index contributed by atoms with van der Waals surface area (Å²) in [6.45, 7) is -1.68. The lowest BCUT2D eigenvalue weighted by molar-refractivity contribution is -0.187. The zero-order valence-corrected chi connectivity index (χ0v) is 10.4. The number of esters is 1. The summed E-state index contributed by atoms with van der Waals surface area (Å²) in [6.07, 6.45) is -4.68. The van der Waals surface area contributed by atoms with Gasteiger partial charge in [-0.3, -0.25) is 4.79 Å². The molecule has 0 amide bonds. The highest BCUT2D eigenvalue weighted by Gasteiger charge is 2.30. The van der Waals surface area contributed by atoms with Gasteiger partial charge in [-0.15, -0.1) is 12.4 Å². The minimum absolute atomic E-state index is 0. The van der Waals surface area contributed by atoms with Gasteiger partial charge in [0.15, 0.2) is 6.61 Å². The van der Waals surface area contributed by atoms with E-state index in [9.17, 15) is 22.4 Å². The van der Waals surface area contributed by atoms with Crippen LogP contribution in [0.5, 0.6) is 0 Å². The Morgan fingerprint density at radius 1 is 1.37 bits per heavy atom.